The summed E-state index contributed by atoms with van der Waals surface area (Å²) in [6.07, 6.45) is 0. The summed E-state index contributed by atoms with van der Waals surface area (Å²) in [6.45, 7) is 5.50. The van der Waals surface area contributed by atoms with E-state index in [2.05, 4.69) is 5.32 Å². The predicted octanol–water partition coefficient (Wildman–Crippen LogP) is 1.43. The maximum Gasteiger partial charge on any atom is 0.238 e. The summed E-state index contributed by atoms with van der Waals surface area (Å²) in [4.78, 5) is 13.8. The highest BCUT2D eigenvalue weighted by molar-refractivity contribution is 5.92. The summed E-state index contributed by atoms with van der Waals surface area (Å²) >= 11 is 0. The highest BCUT2D eigenvalue weighted by Crippen LogP contribution is 2.08. The van der Waals surface area contributed by atoms with Gasteiger partial charge in [-0.3, -0.25) is 9.69 Å². The van der Waals surface area contributed by atoms with Crippen molar-refractivity contribution in [3.05, 3.63) is 30.1 Å². The molecular weight excluding hydrogens is 233 g/mol. The van der Waals surface area contributed by atoms with Crippen LogP contribution in [-0.4, -0.2) is 36.5 Å². The van der Waals surface area contributed by atoms with E-state index in [-0.39, 0.29) is 24.3 Å². The molecule has 5 heteroatoms. The van der Waals surface area contributed by atoms with Crippen LogP contribution in [0, 0.1) is 5.82 Å². The molecule has 0 bridgehead atoms. The van der Waals surface area contributed by atoms with Crippen LogP contribution in [0.1, 0.15) is 13.8 Å². The number of rotatable bonds is 6. The van der Waals surface area contributed by atoms with Crippen molar-refractivity contribution in [3.8, 4) is 0 Å². The van der Waals surface area contributed by atoms with Gasteiger partial charge in [0.05, 0.1) is 6.54 Å². The van der Waals surface area contributed by atoms with Crippen LogP contribution in [0.4, 0.5) is 10.1 Å². The van der Waals surface area contributed by atoms with Gasteiger partial charge in [-0.25, -0.2) is 4.39 Å². The van der Waals surface area contributed by atoms with Crippen LogP contribution in [0.5, 0.6) is 0 Å². The zero-order chi connectivity index (χ0) is 13.5. The number of nitrogens with two attached hydrogens (primary N) is 1. The molecule has 0 saturated carbocycles. The van der Waals surface area contributed by atoms with Crippen molar-refractivity contribution in [2.45, 2.75) is 19.9 Å². The van der Waals surface area contributed by atoms with Crippen LogP contribution >= 0.6 is 0 Å². The van der Waals surface area contributed by atoms with Crippen LogP contribution < -0.4 is 11.1 Å². The molecule has 4 nitrogen and oxygen atoms in total. The normalized spacial score (nSPS) is 11.0. The third-order valence-electron chi connectivity index (χ3n) is 2.62. The quantitative estimate of drug-likeness (QED) is 0.806. The van der Waals surface area contributed by atoms with Crippen molar-refractivity contribution in [2.75, 3.05) is 25.0 Å². The van der Waals surface area contributed by atoms with E-state index >= 15 is 0 Å². The van der Waals surface area contributed by atoms with E-state index < -0.39 is 0 Å². The van der Waals surface area contributed by atoms with Crippen LogP contribution in [-0.2, 0) is 4.79 Å². The van der Waals surface area contributed by atoms with Crippen molar-refractivity contribution in [1.29, 1.82) is 0 Å². The van der Waals surface area contributed by atoms with Gasteiger partial charge in [0.1, 0.15) is 5.82 Å². The Hall–Kier alpha value is -1.46. The summed E-state index contributed by atoms with van der Waals surface area (Å²) in [6, 6.07) is 5.96. The first-order valence-electron chi connectivity index (χ1n) is 6.02. The highest BCUT2D eigenvalue weighted by Gasteiger charge is 2.13. The van der Waals surface area contributed by atoms with Crippen LogP contribution in [0.25, 0.3) is 0 Å². The maximum atomic E-state index is 12.7. The van der Waals surface area contributed by atoms with Gasteiger partial charge in [-0.05, 0) is 38.1 Å². The summed E-state index contributed by atoms with van der Waals surface area (Å²) in [7, 11) is 0. The minimum atomic E-state index is -0.320. The highest BCUT2D eigenvalue weighted by atomic mass is 19.1. The maximum absolute atomic E-state index is 12.7. The molecule has 1 aromatic rings. The molecule has 100 valence electrons. The van der Waals surface area contributed by atoms with Crippen LogP contribution in [0.2, 0.25) is 0 Å². The van der Waals surface area contributed by atoms with Crippen molar-refractivity contribution in [2.24, 2.45) is 5.73 Å². The first-order valence-corrected chi connectivity index (χ1v) is 6.02. The summed E-state index contributed by atoms with van der Waals surface area (Å²) in [5.74, 6) is -0.441. The Kier molecular flexibility index (Phi) is 5.74. The van der Waals surface area contributed by atoms with Gasteiger partial charge in [-0.2, -0.15) is 0 Å². The van der Waals surface area contributed by atoms with Crippen molar-refractivity contribution >= 4 is 11.6 Å². The molecule has 0 fully saturated rings. The van der Waals surface area contributed by atoms with Gasteiger partial charge in [0.15, 0.2) is 0 Å². The van der Waals surface area contributed by atoms with Gasteiger partial charge < -0.3 is 11.1 Å². The van der Waals surface area contributed by atoms with Gasteiger partial charge in [0.2, 0.25) is 5.91 Å². The van der Waals surface area contributed by atoms with Gasteiger partial charge >= 0.3 is 0 Å². The molecule has 18 heavy (non-hydrogen) atoms. The summed E-state index contributed by atoms with van der Waals surface area (Å²) < 4.78 is 12.7. The number of nitrogens with one attached hydrogen (secondary N) is 1. The molecule has 0 spiro atoms. The molecule has 3 N–H and O–H groups in total. The lowest BCUT2D eigenvalue weighted by molar-refractivity contribution is -0.117. The van der Waals surface area contributed by atoms with Crippen LogP contribution in [0.15, 0.2) is 24.3 Å². The Balaban J connectivity index is 2.52. The Morgan fingerprint density at radius 3 is 2.50 bits per heavy atom. The number of carbonyl (C=O) groups excluding carboxylic acids is 1. The van der Waals surface area contributed by atoms with Gasteiger partial charge in [-0.1, -0.05) is 0 Å². The second-order valence-electron chi connectivity index (χ2n) is 4.41. The topological polar surface area (TPSA) is 58.4 Å². The smallest absolute Gasteiger partial charge is 0.238 e. The molecule has 0 unspecified atom stereocenters. The second-order valence-corrected chi connectivity index (χ2v) is 4.41. The molecule has 0 atom stereocenters. The average molecular weight is 253 g/mol. The average Bonchev–Trinajstić information content (AvgIpc) is 2.31. The fourth-order valence-corrected chi connectivity index (χ4v) is 1.60. The molecule has 1 amide bonds. The Bertz CT molecular complexity index is 378. The molecule has 1 aromatic carbocycles. The van der Waals surface area contributed by atoms with E-state index in [9.17, 15) is 9.18 Å². The molecule has 0 aliphatic carbocycles. The second kappa shape index (κ2) is 7.08. The number of anilines is 1. The Labute approximate surface area is 107 Å². The molecule has 0 aromatic heterocycles. The molecular formula is C13H20FN3O. The Morgan fingerprint density at radius 2 is 2.00 bits per heavy atom. The first-order chi connectivity index (χ1) is 8.52. The van der Waals surface area contributed by atoms with Crippen molar-refractivity contribution in [3.63, 3.8) is 0 Å². The zero-order valence-electron chi connectivity index (χ0n) is 10.8. The van der Waals surface area contributed by atoms with E-state index in [1.807, 2.05) is 18.7 Å². The molecule has 1 rings (SSSR count). The number of nitrogens with zero attached hydrogens (tertiary/aromatic N) is 1. The zero-order valence-corrected chi connectivity index (χ0v) is 10.8. The minimum absolute atomic E-state index is 0.122. The number of hydrogen-bond acceptors (Lipinski definition) is 3. The van der Waals surface area contributed by atoms with E-state index in [4.69, 9.17) is 5.73 Å². The number of benzene rings is 1. The van der Waals surface area contributed by atoms with E-state index in [0.29, 0.717) is 18.8 Å². The fourth-order valence-electron chi connectivity index (χ4n) is 1.60. The standard InChI is InChI=1S/C13H20FN3O/c1-10(2)17(8-7-15)9-13(18)16-12-5-3-11(14)4-6-12/h3-6,10H,7-9,15H2,1-2H3,(H,16,18). The monoisotopic (exact) mass is 253 g/mol. The fraction of sp³-hybridized carbons (Fsp3) is 0.462. The molecule has 0 saturated heterocycles. The largest absolute Gasteiger partial charge is 0.329 e. The third kappa shape index (κ3) is 4.81. The molecule has 0 aliphatic heterocycles. The number of amides is 1. The lowest BCUT2D eigenvalue weighted by Gasteiger charge is -2.24. The molecule has 0 aliphatic rings. The van der Waals surface area contributed by atoms with Gasteiger partial charge in [-0.15, -0.1) is 0 Å². The van der Waals surface area contributed by atoms with E-state index in [1.165, 1.54) is 24.3 Å². The lowest BCUT2D eigenvalue weighted by atomic mass is 10.3. The van der Waals surface area contributed by atoms with Crippen LogP contribution in [0.3, 0.4) is 0 Å². The first kappa shape index (κ1) is 14.6. The minimum Gasteiger partial charge on any atom is -0.329 e. The number of carbonyl (C=O) groups is 1. The van der Waals surface area contributed by atoms with E-state index in [1.54, 1.807) is 0 Å². The number of hydrogen-bond donors (Lipinski definition) is 2. The SMILES string of the molecule is CC(C)N(CCN)CC(=O)Nc1ccc(F)cc1. The van der Waals surface area contributed by atoms with Gasteiger partial charge in [0, 0.05) is 24.8 Å². The Morgan fingerprint density at radius 1 is 1.39 bits per heavy atom. The third-order valence-corrected chi connectivity index (χ3v) is 2.62. The summed E-state index contributed by atoms with van der Waals surface area (Å²) in [5, 5.41) is 2.72. The van der Waals surface area contributed by atoms with Crippen molar-refractivity contribution < 1.29 is 9.18 Å². The molecule has 0 heterocycles. The summed E-state index contributed by atoms with van der Waals surface area (Å²) in [5.41, 5.74) is 6.09. The molecule has 0 radical (unpaired) electrons. The predicted molar refractivity (Wildman–Crippen MR) is 70.8 cm³/mol. The van der Waals surface area contributed by atoms with E-state index in [0.717, 1.165) is 0 Å². The van der Waals surface area contributed by atoms with Crippen molar-refractivity contribution in [1.82, 2.24) is 4.90 Å². The van der Waals surface area contributed by atoms with Gasteiger partial charge in [0.25, 0.3) is 0 Å². The lowest BCUT2D eigenvalue weighted by Crippen LogP contribution is -2.40. The number of halogens is 1.